The van der Waals surface area contributed by atoms with Crippen LogP contribution < -0.4 is 9.64 Å². The highest BCUT2D eigenvalue weighted by molar-refractivity contribution is 7.99. The Kier molecular flexibility index (Phi) is 11.3. The molecule has 1 heterocycles. The number of carbonyl (C=O) groups is 1. The number of thioether (sulfide) groups is 2. The number of fused-ring (bicyclic) bond motifs is 1. The van der Waals surface area contributed by atoms with Gasteiger partial charge in [-0.1, -0.05) is 51.8 Å². The summed E-state index contributed by atoms with van der Waals surface area (Å²) in [6, 6.07) is 14.9. The molecule has 0 saturated carbocycles. The number of unbranched alkanes of at least 4 members (excludes halogenated alkanes) is 1. The zero-order valence-electron chi connectivity index (χ0n) is 20.2. The molecule has 0 saturated heterocycles. The summed E-state index contributed by atoms with van der Waals surface area (Å²) < 4.78 is 10.8. The molecule has 6 heteroatoms. The molecule has 2 aromatic carbocycles. The van der Waals surface area contributed by atoms with Gasteiger partial charge in [0.25, 0.3) is 0 Å². The topological polar surface area (TPSA) is 38.8 Å². The molecule has 0 aromatic heterocycles. The minimum Gasteiger partial charge on any atom is -0.491 e. The van der Waals surface area contributed by atoms with Crippen LogP contribution in [0.4, 0.5) is 11.4 Å². The fourth-order valence-electron chi connectivity index (χ4n) is 3.16. The fraction of sp³-hybridized carbons (Fsp3) is 0.500. The molecular formula is C26H37NO3S2. The molecule has 0 fully saturated rings. The molecule has 0 bridgehead atoms. The van der Waals surface area contributed by atoms with E-state index in [1.165, 1.54) is 36.2 Å². The van der Waals surface area contributed by atoms with Gasteiger partial charge in [0, 0.05) is 22.9 Å². The Morgan fingerprint density at radius 1 is 1.22 bits per heavy atom. The third-order valence-corrected chi connectivity index (χ3v) is 7.35. The molecule has 3 rings (SSSR count). The van der Waals surface area contributed by atoms with Gasteiger partial charge in [-0.2, -0.15) is 0 Å². The lowest BCUT2D eigenvalue weighted by Gasteiger charge is -2.27. The third-order valence-electron chi connectivity index (χ3n) is 5.21. The van der Waals surface area contributed by atoms with Crippen LogP contribution >= 0.6 is 23.5 Å². The molecule has 0 N–H and O–H groups in total. The van der Waals surface area contributed by atoms with Gasteiger partial charge < -0.3 is 14.4 Å². The monoisotopic (exact) mass is 475 g/mol. The van der Waals surface area contributed by atoms with E-state index < -0.39 is 0 Å². The van der Waals surface area contributed by atoms with E-state index in [0.717, 1.165) is 22.9 Å². The van der Waals surface area contributed by atoms with E-state index in [4.69, 9.17) is 9.47 Å². The van der Waals surface area contributed by atoms with Crippen molar-refractivity contribution >= 4 is 40.9 Å². The van der Waals surface area contributed by atoms with Crippen molar-refractivity contribution < 1.29 is 14.3 Å². The van der Waals surface area contributed by atoms with Crippen LogP contribution in [0.2, 0.25) is 0 Å². The lowest BCUT2D eigenvalue weighted by molar-refractivity contribution is -0.145. The smallest absolute Gasteiger partial charge is 0.311 e. The fourth-order valence-corrected chi connectivity index (χ4v) is 4.79. The molecule has 32 heavy (non-hydrogen) atoms. The first kappa shape index (κ1) is 26.5. The first-order valence-electron chi connectivity index (χ1n) is 11.3. The van der Waals surface area contributed by atoms with E-state index in [-0.39, 0.29) is 11.9 Å². The summed E-state index contributed by atoms with van der Waals surface area (Å²) in [5.41, 5.74) is 2.43. The Labute approximate surface area is 202 Å². The maximum absolute atomic E-state index is 11.7. The van der Waals surface area contributed by atoms with E-state index in [0.29, 0.717) is 12.5 Å². The van der Waals surface area contributed by atoms with E-state index in [2.05, 4.69) is 68.3 Å². The van der Waals surface area contributed by atoms with Gasteiger partial charge in [0.2, 0.25) is 0 Å². The molecule has 2 aromatic rings. The number of para-hydroxylation sites is 1. The van der Waals surface area contributed by atoms with Gasteiger partial charge in [-0.25, -0.2) is 0 Å². The van der Waals surface area contributed by atoms with E-state index in [1.54, 1.807) is 11.8 Å². The highest BCUT2D eigenvalue weighted by Crippen LogP contribution is 2.44. The molecule has 4 nitrogen and oxygen atoms in total. The van der Waals surface area contributed by atoms with E-state index >= 15 is 0 Å². The zero-order chi connectivity index (χ0) is 23.5. The first-order valence-corrected chi connectivity index (χ1v) is 13.5. The minimum absolute atomic E-state index is 0.251. The Morgan fingerprint density at radius 2 is 1.91 bits per heavy atom. The lowest BCUT2D eigenvalue weighted by Crippen LogP contribution is -2.23. The summed E-state index contributed by atoms with van der Waals surface area (Å²) in [6.07, 6.45) is 4.69. The second-order valence-electron chi connectivity index (χ2n) is 8.07. The molecule has 1 aliphatic rings. The maximum atomic E-state index is 11.7. The SMILES string of the molecule is CCCC.COC(=O)C(C)COc1cc2c(cc1SC)N(c1ccccc1)CC(C)CS2. The van der Waals surface area contributed by atoms with Crippen LogP contribution in [0.15, 0.2) is 52.3 Å². The summed E-state index contributed by atoms with van der Waals surface area (Å²) >= 11 is 3.53. The average molecular weight is 476 g/mol. The number of rotatable bonds is 7. The predicted molar refractivity (Wildman–Crippen MR) is 139 cm³/mol. The second kappa shape index (κ2) is 13.7. The number of carbonyl (C=O) groups excluding carboxylic acids is 1. The molecule has 0 radical (unpaired) electrons. The van der Waals surface area contributed by atoms with Crippen LogP contribution in [0.25, 0.3) is 0 Å². The molecule has 2 unspecified atom stereocenters. The number of esters is 1. The van der Waals surface area contributed by atoms with Crippen LogP contribution in [0, 0.1) is 11.8 Å². The highest BCUT2D eigenvalue weighted by Gasteiger charge is 2.24. The van der Waals surface area contributed by atoms with Crippen molar-refractivity contribution in [2.75, 3.05) is 37.2 Å². The molecule has 176 valence electrons. The van der Waals surface area contributed by atoms with E-state index in [1.807, 2.05) is 24.8 Å². The Balaban J connectivity index is 0.000000837. The van der Waals surface area contributed by atoms with Crippen LogP contribution in [0.5, 0.6) is 5.75 Å². The van der Waals surface area contributed by atoms with Gasteiger partial charge in [-0.15, -0.1) is 23.5 Å². The van der Waals surface area contributed by atoms with Gasteiger partial charge in [-0.3, -0.25) is 4.79 Å². The van der Waals surface area contributed by atoms with E-state index in [9.17, 15) is 4.79 Å². The summed E-state index contributed by atoms with van der Waals surface area (Å²) in [5, 5.41) is 0. The number of benzene rings is 2. The number of methoxy groups -OCH3 is 1. The summed E-state index contributed by atoms with van der Waals surface area (Å²) in [4.78, 5) is 16.4. The van der Waals surface area contributed by atoms with Crippen LogP contribution in [0.3, 0.4) is 0 Å². The first-order chi connectivity index (χ1) is 15.4. The zero-order valence-corrected chi connectivity index (χ0v) is 21.9. The summed E-state index contributed by atoms with van der Waals surface area (Å²) in [6.45, 7) is 9.77. The van der Waals surface area contributed by atoms with Crippen LogP contribution in [-0.4, -0.2) is 38.2 Å². The number of hydrogen-bond acceptors (Lipinski definition) is 6. The maximum Gasteiger partial charge on any atom is 0.311 e. The van der Waals surface area contributed by atoms with Crippen LogP contribution in [0.1, 0.15) is 40.5 Å². The highest BCUT2D eigenvalue weighted by atomic mass is 32.2. The minimum atomic E-state index is -0.299. The lowest BCUT2D eigenvalue weighted by atomic mass is 10.1. The molecule has 2 atom stereocenters. The molecule has 0 aliphatic carbocycles. The van der Waals surface area contributed by atoms with Gasteiger partial charge in [0.1, 0.15) is 12.4 Å². The van der Waals surface area contributed by atoms with Gasteiger partial charge >= 0.3 is 5.97 Å². The average Bonchev–Trinajstić information content (AvgIpc) is 3.00. The van der Waals surface area contributed by atoms with Crippen molar-refractivity contribution in [3.05, 3.63) is 42.5 Å². The summed E-state index contributed by atoms with van der Waals surface area (Å²) in [5.74, 6) is 1.91. The molecule has 0 spiro atoms. The largest absolute Gasteiger partial charge is 0.491 e. The Morgan fingerprint density at radius 3 is 2.50 bits per heavy atom. The van der Waals surface area contributed by atoms with Gasteiger partial charge in [0.05, 0.1) is 23.6 Å². The third kappa shape index (κ3) is 7.38. The van der Waals surface area contributed by atoms with Crippen LogP contribution in [-0.2, 0) is 9.53 Å². The number of nitrogens with zero attached hydrogens (tertiary/aromatic N) is 1. The van der Waals surface area contributed by atoms with Crippen molar-refractivity contribution in [3.8, 4) is 5.75 Å². The predicted octanol–water partition coefficient (Wildman–Crippen LogP) is 7.28. The number of anilines is 2. The van der Waals surface area contributed by atoms with Crippen molar-refractivity contribution in [2.24, 2.45) is 11.8 Å². The normalized spacial score (nSPS) is 16.2. The molecular weight excluding hydrogens is 438 g/mol. The standard InChI is InChI=1S/C22H27NO3S2.C4H10/c1-15-12-23(17-8-6-5-7-9-17)18-10-21(27-4)19(11-20(18)28-14-15)26-13-16(2)22(24)25-3;1-3-4-2/h5-11,15-16H,12-14H2,1-4H3;3-4H2,1-2H3. The quantitative estimate of drug-likeness (QED) is 0.309. The van der Waals surface area contributed by atoms with Crippen molar-refractivity contribution in [2.45, 2.75) is 50.3 Å². The molecule has 0 amide bonds. The van der Waals surface area contributed by atoms with Crippen molar-refractivity contribution in [1.29, 1.82) is 0 Å². The van der Waals surface area contributed by atoms with Crippen molar-refractivity contribution in [3.63, 3.8) is 0 Å². The van der Waals surface area contributed by atoms with Gasteiger partial charge in [0.15, 0.2) is 0 Å². The Bertz CT molecular complexity index is 842. The number of hydrogen-bond donors (Lipinski definition) is 0. The summed E-state index contributed by atoms with van der Waals surface area (Å²) in [7, 11) is 1.41. The molecule has 1 aliphatic heterocycles. The van der Waals surface area contributed by atoms with Gasteiger partial charge in [-0.05, 0) is 43.4 Å². The second-order valence-corrected chi connectivity index (χ2v) is 9.98. The Hall–Kier alpha value is -1.79. The number of ether oxygens (including phenoxy) is 2. The van der Waals surface area contributed by atoms with Crippen molar-refractivity contribution in [1.82, 2.24) is 0 Å².